The normalized spacial score (nSPS) is 12.9. The summed E-state index contributed by atoms with van der Waals surface area (Å²) in [5.74, 6) is 0.687. The zero-order chi connectivity index (χ0) is 11.7. The van der Waals surface area contributed by atoms with Crippen LogP contribution in [0.15, 0.2) is 27.4 Å². The Bertz CT molecular complexity index is 489. The van der Waals surface area contributed by atoms with E-state index in [0.29, 0.717) is 27.9 Å². The fourth-order valence-electron chi connectivity index (χ4n) is 1.45. The standard InChI is InChI=1S/C11H14BrN3O/c1-3-7(2)15-6-8(13)11(14-15)9-4-5-10(12)16-9/h4-7H,3,13H2,1-2H3. The van der Waals surface area contributed by atoms with Crippen molar-refractivity contribution in [3.05, 3.63) is 23.0 Å². The minimum atomic E-state index is 0.342. The Kier molecular flexibility index (Phi) is 3.05. The Morgan fingerprint density at radius 3 is 2.88 bits per heavy atom. The largest absolute Gasteiger partial charge is 0.448 e. The molecule has 4 nitrogen and oxygen atoms in total. The van der Waals surface area contributed by atoms with Crippen LogP contribution in [-0.2, 0) is 0 Å². The molecule has 0 fully saturated rings. The Morgan fingerprint density at radius 1 is 1.56 bits per heavy atom. The van der Waals surface area contributed by atoms with Crippen LogP contribution in [0.2, 0.25) is 0 Å². The molecule has 2 aromatic heterocycles. The maximum atomic E-state index is 5.92. The number of nitrogen functional groups attached to an aromatic ring is 1. The molecular weight excluding hydrogens is 270 g/mol. The van der Waals surface area contributed by atoms with Crippen LogP contribution in [0.1, 0.15) is 26.3 Å². The van der Waals surface area contributed by atoms with Crippen LogP contribution in [0.4, 0.5) is 5.69 Å². The number of furan rings is 1. The average Bonchev–Trinajstić information content (AvgIpc) is 2.83. The summed E-state index contributed by atoms with van der Waals surface area (Å²) in [6, 6.07) is 4.02. The van der Waals surface area contributed by atoms with Gasteiger partial charge in [-0.1, -0.05) is 6.92 Å². The third-order valence-corrected chi connectivity index (χ3v) is 3.04. The first-order valence-electron chi connectivity index (χ1n) is 5.22. The van der Waals surface area contributed by atoms with E-state index in [1.165, 1.54) is 0 Å². The van der Waals surface area contributed by atoms with Gasteiger partial charge < -0.3 is 10.2 Å². The first-order valence-corrected chi connectivity index (χ1v) is 6.01. The predicted molar refractivity (Wildman–Crippen MR) is 67.0 cm³/mol. The highest BCUT2D eigenvalue weighted by atomic mass is 79.9. The van der Waals surface area contributed by atoms with Gasteiger partial charge in [-0.3, -0.25) is 4.68 Å². The van der Waals surface area contributed by atoms with Gasteiger partial charge in [0.25, 0.3) is 0 Å². The highest BCUT2D eigenvalue weighted by Crippen LogP contribution is 2.29. The van der Waals surface area contributed by atoms with E-state index in [1.807, 2.05) is 23.0 Å². The molecule has 0 aromatic carbocycles. The Labute approximate surface area is 103 Å². The van der Waals surface area contributed by atoms with Crippen LogP contribution >= 0.6 is 15.9 Å². The summed E-state index contributed by atoms with van der Waals surface area (Å²) in [5, 5.41) is 4.44. The van der Waals surface area contributed by atoms with E-state index in [9.17, 15) is 0 Å². The lowest BCUT2D eigenvalue weighted by atomic mass is 10.3. The first-order chi connectivity index (χ1) is 7.61. The van der Waals surface area contributed by atoms with E-state index < -0.39 is 0 Å². The number of anilines is 1. The van der Waals surface area contributed by atoms with Crippen molar-refractivity contribution in [2.45, 2.75) is 26.3 Å². The van der Waals surface area contributed by atoms with Crippen LogP contribution in [0.3, 0.4) is 0 Å². The van der Waals surface area contributed by atoms with E-state index in [-0.39, 0.29) is 0 Å². The number of rotatable bonds is 3. The van der Waals surface area contributed by atoms with Gasteiger partial charge in [-0.15, -0.1) is 0 Å². The quantitative estimate of drug-likeness (QED) is 0.939. The highest BCUT2D eigenvalue weighted by Gasteiger charge is 2.14. The molecule has 0 radical (unpaired) electrons. The van der Waals surface area contributed by atoms with Gasteiger partial charge in [-0.25, -0.2) is 0 Å². The number of nitrogens with zero attached hydrogens (tertiary/aromatic N) is 2. The molecule has 2 N–H and O–H groups in total. The SMILES string of the molecule is CCC(C)n1cc(N)c(-c2ccc(Br)o2)n1. The topological polar surface area (TPSA) is 57.0 Å². The van der Waals surface area contributed by atoms with Crippen molar-refractivity contribution in [1.29, 1.82) is 0 Å². The summed E-state index contributed by atoms with van der Waals surface area (Å²) in [4.78, 5) is 0. The van der Waals surface area contributed by atoms with Crippen molar-refractivity contribution < 1.29 is 4.42 Å². The zero-order valence-electron chi connectivity index (χ0n) is 9.27. The van der Waals surface area contributed by atoms with Gasteiger partial charge in [0.1, 0.15) is 0 Å². The lowest BCUT2D eigenvalue weighted by Gasteiger charge is -2.07. The maximum Gasteiger partial charge on any atom is 0.169 e. The van der Waals surface area contributed by atoms with Gasteiger partial charge in [-0.2, -0.15) is 5.10 Å². The molecule has 1 unspecified atom stereocenters. The molecule has 0 aliphatic carbocycles. The van der Waals surface area contributed by atoms with Gasteiger partial charge in [0.05, 0.1) is 5.69 Å². The molecule has 0 saturated carbocycles. The van der Waals surface area contributed by atoms with Crippen LogP contribution in [0, 0.1) is 0 Å². The van der Waals surface area contributed by atoms with E-state index in [4.69, 9.17) is 10.2 Å². The summed E-state index contributed by atoms with van der Waals surface area (Å²) in [6.07, 6.45) is 2.86. The molecule has 86 valence electrons. The van der Waals surface area contributed by atoms with E-state index >= 15 is 0 Å². The lowest BCUT2D eigenvalue weighted by Crippen LogP contribution is -2.03. The first kappa shape index (κ1) is 11.3. The van der Waals surface area contributed by atoms with Crippen LogP contribution in [0.5, 0.6) is 0 Å². The highest BCUT2D eigenvalue weighted by molar-refractivity contribution is 9.10. The van der Waals surface area contributed by atoms with Gasteiger partial charge in [-0.05, 0) is 41.4 Å². The van der Waals surface area contributed by atoms with E-state index in [0.717, 1.165) is 6.42 Å². The van der Waals surface area contributed by atoms with Crippen molar-refractivity contribution in [2.24, 2.45) is 0 Å². The van der Waals surface area contributed by atoms with Crippen molar-refractivity contribution in [1.82, 2.24) is 9.78 Å². The van der Waals surface area contributed by atoms with Crippen LogP contribution in [0.25, 0.3) is 11.5 Å². The van der Waals surface area contributed by atoms with Gasteiger partial charge >= 0.3 is 0 Å². The number of hydrogen-bond acceptors (Lipinski definition) is 3. The number of nitrogens with two attached hydrogens (primary N) is 1. The minimum absolute atomic E-state index is 0.342. The average molecular weight is 284 g/mol. The molecule has 2 rings (SSSR count). The predicted octanol–water partition coefficient (Wildman–Crippen LogP) is 3.46. The molecule has 2 heterocycles. The number of hydrogen-bond donors (Lipinski definition) is 1. The molecule has 0 amide bonds. The van der Waals surface area contributed by atoms with Crippen LogP contribution in [-0.4, -0.2) is 9.78 Å². The molecule has 0 spiro atoms. The molecule has 16 heavy (non-hydrogen) atoms. The third-order valence-electron chi connectivity index (χ3n) is 2.61. The monoisotopic (exact) mass is 283 g/mol. The molecule has 0 saturated heterocycles. The van der Waals surface area contributed by atoms with Crippen molar-refractivity contribution in [3.63, 3.8) is 0 Å². The Hall–Kier alpha value is -1.23. The Balaban J connectivity index is 2.39. The van der Waals surface area contributed by atoms with Gasteiger partial charge in [0.2, 0.25) is 0 Å². The molecule has 0 aliphatic heterocycles. The van der Waals surface area contributed by atoms with Crippen molar-refractivity contribution in [3.8, 4) is 11.5 Å². The molecule has 0 bridgehead atoms. The fourth-order valence-corrected chi connectivity index (χ4v) is 1.76. The summed E-state index contributed by atoms with van der Waals surface area (Å²) in [7, 11) is 0. The van der Waals surface area contributed by atoms with E-state index in [1.54, 1.807) is 0 Å². The van der Waals surface area contributed by atoms with Crippen LogP contribution < -0.4 is 5.73 Å². The Morgan fingerprint density at radius 2 is 2.31 bits per heavy atom. The summed E-state index contributed by atoms with van der Waals surface area (Å²) in [5.41, 5.74) is 7.26. The zero-order valence-corrected chi connectivity index (χ0v) is 10.9. The maximum absolute atomic E-state index is 5.92. The van der Waals surface area contributed by atoms with E-state index in [2.05, 4.69) is 34.9 Å². The van der Waals surface area contributed by atoms with Crippen molar-refractivity contribution in [2.75, 3.05) is 5.73 Å². The smallest absolute Gasteiger partial charge is 0.169 e. The third kappa shape index (κ3) is 2.00. The number of aromatic nitrogens is 2. The number of halogens is 1. The molecule has 1 atom stereocenters. The second-order valence-electron chi connectivity index (χ2n) is 3.77. The molecule has 5 heteroatoms. The minimum Gasteiger partial charge on any atom is -0.448 e. The second kappa shape index (κ2) is 4.33. The molecule has 0 aliphatic rings. The van der Waals surface area contributed by atoms with Gasteiger partial charge in [0.15, 0.2) is 16.1 Å². The lowest BCUT2D eigenvalue weighted by molar-refractivity contribution is 0.476. The summed E-state index contributed by atoms with van der Waals surface area (Å²) >= 11 is 3.26. The summed E-state index contributed by atoms with van der Waals surface area (Å²) < 4.78 is 7.99. The van der Waals surface area contributed by atoms with Crippen molar-refractivity contribution >= 4 is 21.6 Å². The molecular formula is C11H14BrN3O. The van der Waals surface area contributed by atoms with Gasteiger partial charge in [0, 0.05) is 12.2 Å². The second-order valence-corrected chi connectivity index (χ2v) is 4.56. The summed E-state index contributed by atoms with van der Waals surface area (Å²) in [6.45, 7) is 4.22. The fraction of sp³-hybridized carbons (Fsp3) is 0.364. The molecule has 2 aromatic rings.